The van der Waals surface area contributed by atoms with Crippen LogP contribution in [0.15, 0.2) is 0 Å². The highest BCUT2D eigenvalue weighted by Crippen LogP contribution is 2.14. The minimum atomic E-state index is 0.952. The number of rotatable bonds is 1. The predicted octanol–water partition coefficient (Wildman–Crippen LogP) is 2.57. The number of hydrogen-bond donors (Lipinski definition) is 1. The maximum Gasteiger partial charge on any atom is -0.00206 e. The van der Waals surface area contributed by atoms with E-state index < -0.39 is 0 Å². The Labute approximate surface area is 70.6 Å². The van der Waals surface area contributed by atoms with Crippen LogP contribution in [0.25, 0.3) is 0 Å². The average molecular weight is 155 g/mol. The second-order valence-corrected chi connectivity index (χ2v) is 3.68. The monoisotopic (exact) mass is 155 g/mol. The molecule has 1 saturated heterocycles. The first kappa shape index (κ1) is 9.05. The van der Waals surface area contributed by atoms with Gasteiger partial charge in [-0.1, -0.05) is 32.6 Å². The first-order chi connectivity index (χ1) is 5.43. The minimum Gasteiger partial charge on any atom is -0.316 e. The van der Waals surface area contributed by atoms with Gasteiger partial charge in [0.1, 0.15) is 0 Å². The van der Waals surface area contributed by atoms with Gasteiger partial charge in [-0.2, -0.15) is 0 Å². The molecule has 66 valence electrons. The molecule has 1 atom stereocenters. The Kier molecular flexibility index (Phi) is 4.60. The topological polar surface area (TPSA) is 12.0 Å². The molecule has 0 spiro atoms. The molecule has 0 aromatic rings. The molecule has 0 aromatic carbocycles. The van der Waals surface area contributed by atoms with Gasteiger partial charge in [-0.25, -0.2) is 0 Å². The summed E-state index contributed by atoms with van der Waals surface area (Å²) in [7, 11) is 0. The van der Waals surface area contributed by atoms with Gasteiger partial charge in [0.2, 0.25) is 0 Å². The summed E-state index contributed by atoms with van der Waals surface area (Å²) >= 11 is 0. The van der Waals surface area contributed by atoms with E-state index in [1.54, 1.807) is 0 Å². The van der Waals surface area contributed by atoms with E-state index in [1.807, 2.05) is 0 Å². The van der Waals surface area contributed by atoms with Crippen molar-refractivity contribution in [2.24, 2.45) is 5.92 Å². The molecule has 0 aliphatic carbocycles. The summed E-state index contributed by atoms with van der Waals surface area (Å²) in [5.41, 5.74) is 0. The largest absolute Gasteiger partial charge is 0.316 e. The third-order valence-electron chi connectivity index (χ3n) is 2.73. The van der Waals surface area contributed by atoms with Crippen LogP contribution in [-0.4, -0.2) is 13.1 Å². The fraction of sp³-hybridized carbons (Fsp3) is 1.00. The van der Waals surface area contributed by atoms with E-state index in [4.69, 9.17) is 0 Å². The van der Waals surface area contributed by atoms with Crippen molar-refractivity contribution in [2.45, 2.75) is 45.4 Å². The maximum atomic E-state index is 3.53. The molecule has 1 rings (SSSR count). The second kappa shape index (κ2) is 5.59. The Hall–Kier alpha value is -0.0400. The quantitative estimate of drug-likeness (QED) is 0.613. The summed E-state index contributed by atoms with van der Waals surface area (Å²) < 4.78 is 0. The van der Waals surface area contributed by atoms with Crippen molar-refractivity contribution in [3.05, 3.63) is 0 Å². The summed E-state index contributed by atoms with van der Waals surface area (Å²) in [6, 6.07) is 0. The molecule has 1 nitrogen and oxygen atoms in total. The van der Waals surface area contributed by atoms with Crippen LogP contribution in [0.5, 0.6) is 0 Å². The van der Waals surface area contributed by atoms with Crippen LogP contribution >= 0.6 is 0 Å². The zero-order valence-corrected chi connectivity index (χ0v) is 7.73. The van der Waals surface area contributed by atoms with Gasteiger partial charge in [0, 0.05) is 0 Å². The Morgan fingerprint density at radius 1 is 1.18 bits per heavy atom. The smallest absolute Gasteiger partial charge is 0.00206 e. The average Bonchev–Trinajstić information content (AvgIpc) is 2.16. The van der Waals surface area contributed by atoms with Gasteiger partial charge in [-0.3, -0.25) is 0 Å². The molecular formula is C10H21N. The van der Waals surface area contributed by atoms with Gasteiger partial charge in [-0.05, 0) is 31.8 Å². The van der Waals surface area contributed by atoms with E-state index in [2.05, 4.69) is 12.2 Å². The van der Waals surface area contributed by atoms with E-state index in [9.17, 15) is 0 Å². The van der Waals surface area contributed by atoms with Gasteiger partial charge >= 0.3 is 0 Å². The highest BCUT2D eigenvalue weighted by Gasteiger charge is 2.06. The lowest BCUT2D eigenvalue weighted by atomic mass is 9.99. The fourth-order valence-corrected chi connectivity index (χ4v) is 1.79. The van der Waals surface area contributed by atoms with E-state index in [0.29, 0.717) is 0 Å². The molecule has 1 fully saturated rings. The summed E-state index contributed by atoms with van der Waals surface area (Å²) in [6.07, 6.45) is 8.54. The lowest BCUT2D eigenvalue weighted by Crippen LogP contribution is -2.22. The van der Waals surface area contributed by atoms with E-state index in [1.165, 1.54) is 51.6 Å². The third-order valence-corrected chi connectivity index (χ3v) is 2.73. The Morgan fingerprint density at radius 3 is 2.82 bits per heavy atom. The molecule has 0 saturated carbocycles. The molecular weight excluding hydrogens is 134 g/mol. The number of nitrogens with one attached hydrogen (secondary N) is 1. The zero-order valence-electron chi connectivity index (χ0n) is 7.73. The van der Waals surface area contributed by atoms with Gasteiger partial charge in [-0.15, -0.1) is 0 Å². The van der Waals surface area contributed by atoms with Crippen molar-refractivity contribution in [3.8, 4) is 0 Å². The van der Waals surface area contributed by atoms with Crippen molar-refractivity contribution in [3.63, 3.8) is 0 Å². The third kappa shape index (κ3) is 3.76. The molecule has 1 N–H and O–H groups in total. The Balaban J connectivity index is 2.19. The van der Waals surface area contributed by atoms with E-state index >= 15 is 0 Å². The highest BCUT2D eigenvalue weighted by molar-refractivity contribution is 4.63. The predicted molar refractivity (Wildman–Crippen MR) is 49.7 cm³/mol. The summed E-state index contributed by atoms with van der Waals surface area (Å²) in [5, 5.41) is 3.53. The SMILES string of the molecule is CCC1CCCCCCNC1. The summed E-state index contributed by atoms with van der Waals surface area (Å²) in [6.45, 7) is 4.82. The lowest BCUT2D eigenvalue weighted by molar-refractivity contribution is 0.433. The second-order valence-electron chi connectivity index (χ2n) is 3.68. The molecule has 1 unspecified atom stereocenters. The van der Waals surface area contributed by atoms with Crippen molar-refractivity contribution in [2.75, 3.05) is 13.1 Å². The van der Waals surface area contributed by atoms with Gasteiger partial charge in [0.05, 0.1) is 0 Å². The Bertz CT molecular complexity index is 80.9. The maximum absolute atomic E-state index is 3.53. The highest BCUT2D eigenvalue weighted by atomic mass is 14.9. The molecule has 11 heavy (non-hydrogen) atoms. The molecule has 1 heteroatoms. The molecule has 1 aliphatic rings. The van der Waals surface area contributed by atoms with Gasteiger partial charge in [0.15, 0.2) is 0 Å². The lowest BCUT2D eigenvalue weighted by Gasteiger charge is -2.12. The van der Waals surface area contributed by atoms with Crippen molar-refractivity contribution >= 4 is 0 Å². The van der Waals surface area contributed by atoms with E-state index in [0.717, 1.165) is 5.92 Å². The Morgan fingerprint density at radius 2 is 2.00 bits per heavy atom. The van der Waals surface area contributed by atoms with Crippen LogP contribution in [0, 0.1) is 5.92 Å². The van der Waals surface area contributed by atoms with Crippen LogP contribution in [-0.2, 0) is 0 Å². The van der Waals surface area contributed by atoms with Crippen molar-refractivity contribution in [1.29, 1.82) is 0 Å². The summed E-state index contributed by atoms with van der Waals surface area (Å²) in [4.78, 5) is 0. The first-order valence-electron chi connectivity index (χ1n) is 5.14. The zero-order chi connectivity index (χ0) is 7.94. The first-order valence-corrected chi connectivity index (χ1v) is 5.14. The molecule has 0 amide bonds. The molecule has 0 radical (unpaired) electrons. The molecule has 1 aliphatic heterocycles. The molecule has 0 aromatic heterocycles. The minimum absolute atomic E-state index is 0.952. The van der Waals surface area contributed by atoms with Crippen molar-refractivity contribution in [1.82, 2.24) is 5.32 Å². The van der Waals surface area contributed by atoms with E-state index in [-0.39, 0.29) is 0 Å². The molecule has 0 bridgehead atoms. The van der Waals surface area contributed by atoms with Gasteiger partial charge < -0.3 is 5.32 Å². The standard InChI is InChI=1S/C10H21N/c1-2-10-7-5-3-4-6-8-11-9-10/h10-11H,2-9H2,1H3. The fourth-order valence-electron chi connectivity index (χ4n) is 1.79. The van der Waals surface area contributed by atoms with Crippen LogP contribution in [0.1, 0.15) is 45.4 Å². The van der Waals surface area contributed by atoms with Crippen LogP contribution in [0.2, 0.25) is 0 Å². The number of hydrogen-bond acceptors (Lipinski definition) is 1. The van der Waals surface area contributed by atoms with Crippen molar-refractivity contribution < 1.29 is 0 Å². The van der Waals surface area contributed by atoms with Crippen LogP contribution in [0.3, 0.4) is 0 Å². The van der Waals surface area contributed by atoms with Gasteiger partial charge in [0.25, 0.3) is 0 Å². The van der Waals surface area contributed by atoms with Crippen LogP contribution in [0.4, 0.5) is 0 Å². The van der Waals surface area contributed by atoms with Crippen LogP contribution < -0.4 is 5.32 Å². The normalized spacial score (nSPS) is 28.6. The summed E-state index contributed by atoms with van der Waals surface area (Å²) in [5.74, 6) is 0.952. The molecule has 1 heterocycles.